The van der Waals surface area contributed by atoms with Gasteiger partial charge in [0.25, 0.3) is 0 Å². The molecule has 0 amide bonds. The minimum atomic E-state index is -0.311. The van der Waals surface area contributed by atoms with Gasteiger partial charge in [-0.2, -0.15) is 0 Å². The first-order valence-corrected chi connectivity index (χ1v) is 6.19. The number of hydrogen-bond acceptors (Lipinski definition) is 2. The highest BCUT2D eigenvalue weighted by Gasteiger charge is 2.07. The van der Waals surface area contributed by atoms with Gasteiger partial charge in [-0.25, -0.2) is 4.79 Å². The Morgan fingerprint density at radius 3 is 2.65 bits per heavy atom. The van der Waals surface area contributed by atoms with E-state index in [1.54, 1.807) is 10.5 Å². The summed E-state index contributed by atoms with van der Waals surface area (Å²) >= 11 is 2.17. The molecule has 0 aliphatic heterocycles. The monoisotopic (exact) mass is 337 g/mol. The lowest BCUT2D eigenvalue weighted by atomic mass is 10.2. The van der Waals surface area contributed by atoms with E-state index in [0.29, 0.717) is 11.3 Å². The maximum Gasteiger partial charge on any atom is 0.360 e. The summed E-state index contributed by atoms with van der Waals surface area (Å²) in [6.45, 7) is 0. The van der Waals surface area contributed by atoms with Crippen molar-refractivity contribution in [3.8, 4) is 11.3 Å². The Hall–Kier alpha value is -1.56. The van der Waals surface area contributed by atoms with E-state index < -0.39 is 0 Å². The van der Waals surface area contributed by atoms with Crippen LogP contribution in [0.25, 0.3) is 16.8 Å². The number of nitrogens with zero attached hydrogens (tertiary/aromatic N) is 1. The van der Waals surface area contributed by atoms with Crippen molar-refractivity contribution in [1.29, 1.82) is 0 Å². The molecule has 0 radical (unpaired) electrons. The summed E-state index contributed by atoms with van der Waals surface area (Å²) in [4.78, 5) is 11.8. The number of halogens is 1. The highest BCUT2D eigenvalue weighted by molar-refractivity contribution is 14.1. The number of fused-ring (bicyclic) bond motifs is 1. The van der Waals surface area contributed by atoms with E-state index in [1.165, 1.54) is 0 Å². The Balaban J connectivity index is 2.29. The van der Waals surface area contributed by atoms with Crippen molar-refractivity contribution < 1.29 is 4.42 Å². The van der Waals surface area contributed by atoms with Crippen LogP contribution in [0.3, 0.4) is 0 Å². The third-order valence-corrected chi connectivity index (χ3v) is 3.13. The molecule has 0 unspecified atom stereocenters. The van der Waals surface area contributed by atoms with Crippen LogP contribution in [0, 0.1) is 3.57 Å². The molecule has 0 spiro atoms. The van der Waals surface area contributed by atoms with Crippen molar-refractivity contribution in [2.45, 2.75) is 0 Å². The topological polar surface area (TPSA) is 34.6 Å². The summed E-state index contributed by atoms with van der Waals surface area (Å²) in [6, 6.07) is 11.4. The van der Waals surface area contributed by atoms with Gasteiger partial charge in [0.1, 0.15) is 5.52 Å². The summed E-state index contributed by atoms with van der Waals surface area (Å²) in [5.74, 6) is 0.579. The molecule has 0 aliphatic carbocycles. The van der Waals surface area contributed by atoms with Crippen molar-refractivity contribution in [2.24, 2.45) is 0 Å². The van der Waals surface area contributed by atoms with Gasteiger partial charge in [-0.3, -0.25) is 0 Å². The van der Waals surface area contributed by atoms with Crippen LogP contribution >= 0.6 is 22.6 Å². The molecule has 2 heterocycles. The Labute approximate surface area is 111 Å². The maximum absolute atomic E-state index is 11.8. The van der Waals surface area contributed by atoms with Crippen molar-refractivity contribution >= 4 is 28.1 Å². The first kappa shape index (κ1) is 10.6. The van der Waals surface area contributed by atoms with Gasteiger partial charge in [0, 0.05) is 15.3 Å². The predicted octanol–water partition coefficient (Wildman–Crippen LogP) is 3.16. The fourth-order valence-electron chi connectivity index (χ4n) is 1.76. The summed E-state index contributed by atoms with van der Waals surface area (Å²) in [6.07, 6.45) is 3.73. The molecule has 2 aromatic heterocycles. The van der Waals surface area contributed by atoms with Crippen LogP contribution < -0.4 is 5.63 Å². The molecular weight excluding hydrogens is 329 g/mol. The van der Waals surface area contributed by atoms with Gasteiger partial charge < -0.3 is 8.82 Å². The third kappa shape index (κ3) is 1.88. The van der Waals surface area contributed by atoms with Crippen LogP contribution in [0.5, 0.6) is 0 Å². The zero-order valence-corrected chi connectivity index (χ0v) is 10.9. The number of hydrogen-bond donors (Lipinski definition) is 0. The zero-order chi connectivity index (χ0) is 11.8. The molecule has 1 aromatic carbocycles. The minimum Gasteiger partial charge on any atom is -0.420 e. The number of aromatic nitrogens is 1. The van der Waals surface area contributed by atoms with Gasteiger partial charge in [-0.1, -0.05) is 30.3 Å². The summed E-state index contributed by atoms with van der Waals surface area (Å²) < 4.78 is 8.13. The van der Waals surface area contributed by atoms with Crippen LogP contribution in [-0.4, -0.2) is 4.40 Å². The van der Waals surface area contributed by atoms with Gasteiger partial charge in [-0.15, -0.1) is 0 Å². The van der Waals surface area contributed by atoms with Crippen molar-refractivity contribution in [3.63, 3.8) is 0 Å². The van der Waals surface area contributed by atoms with Crippen LogP contribution in [0.4, 0.5) is 0 Å². The van der Waals surface area contributed by atoms with Crippen LogP contribution in [0.2, 0.25) is 0 Å². The summed E-state index contributed by atoms with van der Waals surface area (Å²) in [5, 5.41) is 0. The lowest BCUT2D eigenvalue weighted by molar-refractivity contribution is 0.525. The molecule has 0 fully saturated rings. The molecule has 3 nitrogen and oxygen atoms in total. The largest absolute Gasteiger partial charge is 0.420 e. The van der Waals surface area contributed by atoms with E-state index in [4.69, 9.17) is 4.42 Å². The van der Waals surface area contributed by atoms with E-state index in [2.05, 4.69) is 22.6 Å². The fourth-order valence-corrected chi connectivity index (χ4v) is 2.35. The molecule has 0 N–H and O–H groups in total. The second-order valence-corrected chi connectivity index (χ2v) is 4.95. The van der Waals surface area contributed by atoms with Gasteiger partial charge in [0.05, 0.1) is 6.20 Å². The lowest BCUT2D eigenvalue weighted by Crippen LogP contribution is -2.03. The molecule has 4 heteroatoms. The first-order valence-electron chi connectivity index (χ1n) is 5.11. The van der Waals surface area contributed by atoms with Gasteiger partial charge in [0.15, 0.2) is 5.76 Å². The van der Waals surface area contributed by atoms with E-state index in [0.717, 1.165) is 9.13 Å². The van der Waals surface area contributed by atoms with Crippen LogP contribution in [-0.2, 0) is 0 Å². The lowest BCUT2D eigenvalue weighted by Gasteiger charge is -2.00. The van der Waals surface area contributed by atoms with Crippen molar-refractivity contribution in [2.75, 3.05) is 0 Å². The van der Waals surface area contributed by atoms with E-state index in [1.807, 2.05) is 42.7 Å². The molecule has 3 rings (SSSR count). The van der Waals surface area contributed by atoms with Crippen LogP contribution in [0.1, 0.15) is 0 Å². The van der Waals surface area contributed by atoms with Gasteiger partial charge in [-0.05, 0) is 28.7 Å². The van der Waals surface area contributed by atoms with E-state index in [-0.39, 0.29) is 5.63 Å². The molecule has 3 aromatic rings. The molecule has 84 valence electrons. The number of rotatable bonds is 1. The Bertz CT molecular complexity index is 728. The Morgan fingerprint density at radius 1 is 1.12 bits per heavy atom. The molecule has 0 saturated carbocycles. The second kappa shape index (κ2) is 4.03. The Kier molecular flexibility index (Phi) is 2.51. The van der Waals surface area contributed by atoms with Gasteiger partial charge in [0.2, 0.25) is 0 Å². The molecule has 17 heavy (non-hydrogen) atoms. The smallest absolute Gasteiger partial charge is 0.360 e. The molecule has 0 saturated heterocycles. The fraction of sp³-hybridized carbons (Fsp3) is 0. The normalized spacial score (nSPS) is 10.9. The SMILES string of the molecule is O=c1oc(-c2ccccc2)cn2cc(I)cc12. The molecular formula is C13H8INO2. The quantitative estimate of drug-likeness (QED) is 0.640. The molecule has 0 aliphatic rings. The van der Waals surface area contributed by atoms with E-state index >= 15 is 0 Å². The standard InChI is InChI=1S/C13H8INO2/c14-10-6-11-13(16)17-12(8-15(11)7-10)9-4-2-1-3-5-9/h1-8H. The second-order valence-electron chi connectivity index (χ2n) is 3.70. The first-order chi connectivity index (χ1) is 8.24. The Morgan fingerprint density at radius 2 is 1.88 bits per heavy atom. The van der Waals surface area contributed by atoms with Crippen molar-refractivity contribution in [3.05, 3.63) is 62.8 Å². The van der Waals surface area contributed by atoms with Gasteiger partial charge >= 0.3 is 5.63 Å². The third-order valence-electron chi connectivity index (χ3n) is 2.54. The van der Waals surface area contributed by atoms with Crippen LogP contribution in [0.15, 0.2) is 58.0 Å². The predicted molar refractivity (Wildman–Crippen MR) is 74.1 cm³/mol. The van der Waals surface area contributed by atoms with E-state index in [9.17, 15) is 4.79 Å². The molecule has 0 atom stereocenters. The molecule has 0 bridgehead atoms. The summed E-state index contributed by atoms with van der Waals surface area (Å²) in [7, 11) is 0. The van der Waals surface area contributed by atoms with Crippen molar-refractivity contribution in [1.82, 2.24) is 4.40 Å². The highest BCUT2D eigenvalue weighted by Crippen LogP contribution is 2.18. The maximum atomic E-state index is 11.8. The minimum absolute atomic E-state index is 0.311. The average Bonchev–Trinajstić information content (AvgIpc) is 2.71. The highest BCUT2D eigenvalue weighted by atomic mass is 127. The zero-order valence-electron chi connectivity index (χ0n) is 8.76. The summed E-state index contributed by atoms with van der Waals surface area (Å²) in [5.41, 5.74) is 1.15. The number of benzene rings is 1. The average molecular weight is 337 g/mol.